The highest BCUT2D eigenvalue weighted by molar-refractivity contribution is 6.48. The van der Waals surface area contributed by atoms with Gasteiger partial charge in [0, 0.05) is 16.9 Å². The average Bonchev–Trinajstić information content (AvgIpc) is 3.01. The lowest BCUT2D eigenvalue weighted by Crippen LogP contribution is -2.31. The molecule has 0 aromatic heterocycles. The van der Waals surface area contributed by atoms with Gasteiger partial charge in [-0.25, -0.2) is 0 Å². The molecule has 34 heavy (non-hydrogen) atoms. The molecule has 0 saturated carbocycles. The summed E-state index contributed by atoms with van der Waals surface area (Å²) in [5.74, 6) is -1.35. The van der Waals surface area contributed by atoms with Gasteiger partial charge in [0.05, 0.1) is 6.54 Å². The first kappa shape index (κ1) is 23.3. The largest absolute Gasteiger partial charge is 0.349 e. The summed E-state index contributed by atoms with van der Waals surface area (Å²) in [6, 6.07) is 20.2. The van der Waals surface area contributed by atoms with Gasteiger partial charge in [-0.15, -0.1) is 0 Å². The van der Waals surface area contributed by atoms with Crippen molar-refractivity contribution in [1.82, 2.24) is 4.90 Å². The van der Waals surface area contributed by atoms with E-state index in [2.05, 4.69) is 10.6 Å². The van der Waals surface area contributed by atoms with Crippen LogP contribution in [0, 0.1) is 20.8 Å². The summed E-state index contributed by atoms with van der Waals surface area (Å²) in [6.45, 7) is 5.85. The molecule has 0 radical (unpaired) electrons. The molecule has 4 rings (SSSR count). The number of nitrogens with one attached hydrogen (secondary N) is 2. The molecule has 0 aliphatic carbocycles. The summed E-state index contributed by atoms with van der Waals surface area (Å²) >= 11 is 6.25. The molecule has 0 fully saturated rings. The van der Waals surface area contributed by atoms with Crippen molar-refractivity contribution in [1.29, 1.82) is 0 Å². The van der Waals surface area contributed by atoms with Crippen LogP contribution in [0.25, 0.3) is 0 Å². The summed E-state index contributed by atoms with van der Waals surface area (Å²) in [5.41, 5.74) is 5.26. The standard InChI is InChI=1S/C27H24ClN3O3/c1-16-9-10-17(2)21(13-16)30-25(32)20-12-11-18(3)22(14-20)29-24-23(28)26(33)31(27(24)34)15-19-7-5-4-6-8-19/h4-14,29H,15H2,1-3H3,(H,30,32). The normalized spacial score (nSPS) is 13.5. The highest BCUT2D eigenvalue weighted by Gasteiger charge is 2.38. The number of aryl methyl sites for hydroxylation is 3. The molecule has 0 bridgehead atoms. The van der Waals surface area contributed by atoms with Crippen molar-refractivity contribution in [3.05, 3.63) is 105 Å². The van der Waals surface area contributed by atoms with Gasteiger partial charge in [0.25, 0.3) is 17.7 Å². The van der Waals surface area contributed by atoms with Gasteiger partial charge < -0.3 is 10.6 Å². The van der Waals surface area contributed by atoms with Crippen LogP contribution in [0.2, 0.25) is 0 Å². The van der Waals surface area contributed by atoms with Gasteiger partial charge in [0.2, 0.25) is 0 Å². The molecule has 172 valence electrons. The number of carbonyl (C=O) groups excluding carboxylic acids is 3. The molecule has 1 heterocycles. The lowest BCUT2D eigenvalue weighted by molar-refractivity contribution is -0.138. The van der Waals surface area contributed by atoms with Gasteiger partial charge in [0.15, 0.2) is 0 Å². The number of hydrogen-bond acceptors (Lipinski definition) is 4. The predicted molar refractivity (Wildman–Crippen MR) is 134 cm³/mol. The van der Waals surface area contributed by atoms with Crippen LogP contribution in [-0.2, 0) is 16.1 Å². The summed E-state index contributed by atoms with van der Waals surface area (Å²) in [4.78, 5) is 39.7. The van der Waals surface area contributed by atoms with E-state index in [4.69, 9.17) is 11.6 Å². The van der Waals surface area contributed by atoms with Crippen LogP contribution in [0.5, 0.6) is 0 Å². The van der Waals surface area contributed by atoms with Crippen LogP contribution in [0.15, 0.2) is 77.5 Å². The SMILES string of the molecule is Cc1ccc(C)c(NC(=O)c2ccc(C)c(NC3=C(Cl)C(=O)N(Cc4ccccc4)C3=O)c2)c1. The number of amides is 3. The second-order valence-corrected chi connectivity index (χ2v) is 8.68. The molecule has 3 aromatic rings. The lowest BCUT2D eigenvalue weighted by atomic mass is 10.1. The Bertz CT molecular complexity index is 1330. The Morgan fingerprint density at radius 1 is 0.853 bits per heavy atom. The Hall–Kier alpha value is -3.90. The van der Waals surface area contributed by atoms with E-state index in [1.807, 2.05) is 69.3 Å². The summed E-state index contributed by atoms with van der Waals surface area (Å²) in [6.07, 6.45) is 0. The van der Waals surface area contributed by atoms with Gasteiger partial charge in [-0.05, 0) is 61.2 Å². The Morgan fingerprint density at radius 3 is 2.26 bits per heavy atom. The molecule has 3 aromatic carbocycles. The van der Waals surface area contributed by atoms with Crippen LogP contribution < -0.4 is 10.6 Å². The smallest absolute Gasteiger partial charge is 0.279 e. The van der Waals surface area contributed by atoms with Crippen LogP contribution in [0.3, 0.4) is 0 Å². The average molecular weight is 474 g/mol. The molecule has 0 unspecified atom stereocenters. The fourth-order valence-electron chi connectivity index (χ4n) is 3.66. The third-order valence-corrected chi connectivity index (χ3v) is 6.05. The Morgan fingerprint density at radius 2 is 1.53 bits per heavy atom. The summed E-state index contributed by atoms with van der Waals surface area (Å²) in [7, 11) is 0. The molecule has 2 N–H and O–H groups in total. The van der Waals surface area contributed by atoms with Crippen molar-refractivity contribution in [2.75, 3.05) is 10.6 Å². The lowest BCUT2D eigenvalue weighted by Gasteiger charge is -2.16. The number of anilines is 2. The van der Waals surface area contributed by atoms with Crippen molar-refractivity contribution in [2.24, 2.45) is 0 Å². The van der Waals surface area contributed by atoms with Gasteiger partial charge >= 0.3 is 0 Å². The van der Waals surface area contributed by atoms with Crippen LogP contribution in [0.4, 0.5) is 11.4 Å². The minimum absolute atomic E-state index is 0.00205. The fourth-order valence-corrected chi connectivity index (χ4v) is 3.89. The number of benzene rings is 3. The zero-order valence-electron chi connectivity index (χ0n) is 19.1. The van der Waals surface area contributed by atoms with E-state index in [-0.39, 0.29) is 23.2 Å². The summed E-state index contributed by atoms with van der Waals surface area (Å²) in [5, 5.41) is 5.75. The minimum atomic E-state index is -0.556. The highest BCUT2D eigenvalue weighted by Crippen LogP contribution is 2.29. The van der Waals surface area contributed by atoms with E-state index >= 15 is 0 Å². The van der Waals surface area contributed by atoms with Crippen LogP contribution >= 0.6 is 11.6 Å². The Balaban J connectivity index is 1.55. The van der Waals surface area contributed by atoms with Gasteiger partial charge in [-0.1, -0.05) is 60.1 Å². The monoisotopic (exact) mass is 473 g/mol. The van der Waals surface area contributed by atoms with E-state index < -0.39 is 11.8 Å². The minimum Gasteiger partial charge on any atom is -0.349 e. The first-order chi connectivity index (χ1) is 16.2. The number of imide groups is 1. The number of carbonyl (C=O) groups is 3. The zero-order chi connectivity index (χ0) is 24.4. The Labute approximate surface area is 203 Å². The zero-order valence-corrected chi connectivity index (χ0v) is 19.9. The molecule has 1 aliphatic rings. The van der Waals surface area contributed by atoms with Gasteiger partial charge in [-0.3, -0.25) is 19.3 Å². The van der Waals surface area contributed by atoms with Crippen molar-refractivity contribution in [3.63, 3.8) is 0 Å². The first-order valence-electron chi connectivity index (χ1n) is 10.8. The topological polar surface area (TPSA) is 78.5 Å². The van der Waals surface area contributed by atoms with E-state index in [9.17, 15) is 14.4 Å². The quantitative estimate of drug-likeness (QED) is 0.476. The predicted octanol–water partition coefficient (Wildman–Crippen LogP) is 5.30. The van der Waals surface area contributed by atoms with Crippen molar-refractivity contribution in [2.45, 2.75) is 27.3 Å². The number of halogens is 1. The maximum Gasteiger partial charge on any atom is 0.279 e. The van der Waals surface area contributed by atoms with E-state index in [0.29, 0.717) is 11.3 Å². The second kappa shape index (κ2) is 9.53. The molecule has 7 heteroatoms. The maximum absolute atomic E-state index is 13.0. The van der Waals surface area contributed by atoms with Gasteiger partial charge in [-0.2, -0.15) is 0 Å². The van der Waals surface area contributed by atoms with E-state index in [1.54, 1.807) is 18.2 Å². The van der Waals surface area contributed by atoms with E-state index in [1.165, 1.54) is 0 Å². The molecule has 6 nitrogen and oxygen atoms in total. The molecular formula is C27H24ClN3O3. The van der Waals surface area contributed by atoms with E-state index in [0.717, 1.165) is 32.8 Å². The molecule has 0 saturated heterocycles. The third-order valence-electron chi connectivity index (χ3n) is 5.70. The molecule has 0 atom stereocenters. The number of hydrogen-bond donors (Lipinski definition) is 2. The van der Waals surface area contributed by atoms with Crippen LogP contribution in [0.1, 0.15) is 32.6 Å². The van der Waals surface area contributed by atoms with Crippen molar-refractivity contribution in [3.8, 4) is 0 Å². The molecule has 3 amide bonds. The second-order valence-electron chi connectivity index (χ2n) is 8.30. The first-order valence-corrected chi connectivity index (χ1v) is 11.2. The molecular weight excluding hydrogens is 450 g/mol. The van der Waals surface area contributed by atoms with Crippen LogP contribution in [-0.4, -0.2) is 22.6 Å². The Kier molecular flexibility index (Phi) is 6.52. The summed E-state index contributed by atoms with van der Waals surface area (Å²) < 4.78 is 0. The fraction of sp³-hybridized carbons (Fsp3) is 0.148. The molecule has 0 spiro atoms. The third kappa shape index (κ3) is 4.72. The number of nitrogens with zero attached hydrogens (tertiary/aromatic N) is 1. The maximum atomic E-state index is 13.0. The van der Waals surface area contributed by atoms with Crippen molar-refractivity contribution < 1.29 is 14.4 Å². The van der Waals surface area contributed by atoms with Crippen molar-refractivity contribution >= 4 is 40.7 Å². The molecule has 1 aliphatic heterocycles. The number of rotatable bonds is 6. The van der Waals surface area contributed by atoms with Gasteiger partial charge in [0.1, 0.15) is 10.7 Å². The highest BCUT2D eigenvalue weighted by atomic mass is 35.5.